The molecule has 0 unspecified atom stereocenters. The van der Waals surface area contributed by atoms with Gasteiger partial charge < -0.3 is 9.84 Å². The van der Waals surface area contributed by atoms with Gasteiger partial charge in [-0.3, -0.25) is 4.99 Å². The molecule has 0 atom stereocenters. The van der Waals surface area contributed by atoms with E-state index >= 15 is 0 Å². The second-order valence-electron chi connectivity index (χ2n) is 2.27. The van der Waals surface area contributed by atoms with Gasteiger partial charge in [-0.05, 0) is 24.3 Å². The number of rotatable bonds is 2. The molecule has 0 heterocycles. The van der Waals surface area contributed by atoms with Gasteiger partial charge >= 0.3 is 5.97 Å². The van der Waals surface area contributed by atoms with Crippen LogP contribution in [-0.4, -0.2) is 19.5 Å². The van der Waals surface area contributed by atoms with Crippen LogP contribution in [0.15, 0.2) is 29.3 Å². The molecule has 0 radical (unpaired) electrons. The number of aliphatic imine (C=N–C) groups is 1. The molecule has 0 aliphatic heterocycles. The molecule has 0 bridgehead atoms. The van der Waals surface area contributed by atoms with Crippen LogP contribution in [0.3, 0.4) is 0 Å². The second kappa shape index (κ2) is 4.25. The number of carbonyl (C=O) groups excluding carboxylic acids is 1. The standard InChI is InChI=1S/C9H9NO3/c1-13-9(12)7-2-4-8(5-3-7)10-6-11/h2-6H,1H3,(H,10,11)/p-1. The molecule has 0 saturated carbocycles. The number of benzene rings is 1. The monoisotopic (exact) mass is 178 g/mol. The van der Waals surface area contributed by atoms with E-state index in [0.29, 0.717) is 17.7 Å². The van der Waals surface area contributed by atoms with Gasteiger partial charge in [0.2, 0.25) is 0 Å². The summed E-state index contributed by atoms with van der Waals surface area (Å²) in [5.74, 6) is -0.405. The zero-order chi connectivity index (χ0) is 9.68. The van der Waals surface area contributed by atoms with E-state index in [0.717, 1.165) is 0 Å². The molecule has 0 amide bonds. The largest absolute Gasteiger partial charge is 0.864 e. The van der Waals surface area contributed by atoms with Crippen molar-refractivity contribution in [2.24, 2.45) is 4.99 Å². The van der Waals surface area contributed by atoms with E-state index in [1.54, 1.807) is 24.3 Å². The molecule has 4 heteroatoms. The molecule has 68 valence electrons. The van der Waals surface area contributed by atoms with Crippen molar-refractivity contribution in [3.05, 3.63) is 29.8 Å². The average Bonchev–Trinajstić information content (AvgIpc) is 2.18. The lowest BCUT2D eigenvalue weighted by molar-refractivity contribution is -0.200. The maximum absolute atomic E-state index is 11.0. The van der Waals surface area contributed by atoms with Crippen LogP contribution in [0.2, 0.25) is 0 Å². The summed E-state index contributed by atoms with van der Waals surface area (Å²) >= 11 is 0. The highest BCUT2D eigenvalue weighted by Gasteiger charge is 2.02. The first-order valence-electron chi connectivity index (χ1n) is 3.61. The van der Waals surface area contributed by atoms with Crippen LogP contribution in [0.5, 0.6) is 0 Å². The van der Waals surface area contributed by atoms with Crippen molar-refractivity contribution in [1.29, 1.82) is 0 Å². The highest BCUT2D eigenvalue weighted by atomic mass is 16.5. The topological polar surface area (TPSA) is 61.7 Å². The lowest BCUT2D eigenvalue weighted by atomic mass is 10.2. The summed E-state index contributed by atoms with van der Waals surface area (Å²) in [7, 11) is 1.31. The SMILES string of the molecule is COC(=O)c1ccc(N=C[O-])cc1. The predicted octanol–water partition coefficient (Wildman–Crippen LogP) is 0.493. The summed E-state index contributed by atoms with van der Waals surface area (Å²) in [6.07, 6.45) is 0.452. The third-order valence-electron chi connectivity index (χ3n) is 1.49. The van der Waals surface area contributed by atoms with E-state index in [9.17, 15) is 9.90 Å². The van der Waals surface area contributed by atoms with Gasteiger partial charge in [-0.25, -0.2) is 4.79 Å². The number of ether oxygens (including phenoxy) is 1. The molecular formula is C9H8NO3-. The molecular weight excluding hydrogens is 170 g/mol. The molecule has 0 spiro atoms. The van der Waals surface area contributed by atoms with E-state index < -0.39 is 5.97 Å². The van der Waals surface area contributed by atoms with Crippen molar-refractivity contribution in [1.82, 2.24) is 0 Å². The first-order chi connectivity index (χ1) is 6.27. The van der Waals surface area contributed by atoms with E-state index in [-0.39, 0.29) is 0 Å². The number of hydrogen-bond acceptors (Lipinski definition) is 4. The molecule has 0 aromatic heterocycles. The maximum atomic E-state index is 11.0. The van der Waals surface area contributed by atoms with Gasteiger partial charge in [-0.2, -0.15) is 0 Å². The molecule has 0 saturated heterocycles. The third-order valence-corrected chi connectivity index (χ3v) is 1.49. The predicted molar refractivity (Wildman–Crippen MR) is 45.9 cm³/mol. The summed E-state index contributed by atoms with van der Waals surface area (Å²) in [4.78, 5) is 14.5. The fourth-order valence-corrected chi connectivity index (χ4v) is 0.862. The van der Waals surface area contributed by atoms with Gasteiger partial charge in [0.15, 0.2) is 0 Å². The number of carbonyl (C=O) groups is 1. The molecule has 13 heavy (non-hydrogen) atoms. The Hall–Kier alpha value is -1.84. The van der Waals surface area contributed by atoms with Gasteiger partial charge in [0, 0.05) is 0 Å². The summed E-state index contributed by atoms with van der Waals surface area (Å²) in [5.41, 5.74) is 0.954. The summed E-state index contributed by atoms with van der Waals surface area (Å²) in [6.45, 7) is 0. The fourth-order valence-electron chi connectivity index (χ4n) is 0.862. The Balaban J connectivity index is 2.87. The number of esters is 1. The Labute approximate surface area is 75.5 Å². The van der Waals surface area contributed by atoms with Gasteiger partial charge in [-0.15, -0.1) is 0 Å². The molecule has 0 fully saturated rings. The minimum atomic E-state index is -0.405. The summed E-state index contributed by atoms with van der Waals surface area (Å²) in [5, 5.41) is 9.99. The van der Waals surface area contributed by atoms with Crippen LogP contribution in [0.4, 0.5) is 5.69 Å². The van der Waals surface area contributed by atoms with Crippen molar-refractivity contribution in [2.75, 3.05) is 7.11 Å². The Morgan fingerprint density at radius 2 is 2.08 bits per heavy atom. The summed E-state index contributed by atoms with van der Waals surface area (Å²) < 4.78 is 4.50. The minimum Gasteiger partial charge on any atom is -0.864 e. The van der Waals surface area contributed by atoms with Gasteiger partial charge in [0.1, 0.15) is 0 Å². The van der Waals surface area contributed by atoms with Crippen molar-refractivity contribution < 1.29 is 14.6 Å². The number of hydrogen-bond donors (Lipinski definition) is 0. The quantitative estimate of drug-likeness (QED) is 0.376. The third kappa shape index (κ3) is 2.30. The first kappa shape index (κ1) is 9.25. The molecule has 0 aliphatic carbocycles. The zero-order valence-corrected chi connectivity index (χ0v) is 7.06. The minimum absolute atomic E-state index is 0.405. The molecule has 0 aliphatic rings. The maximum Gasteiger partial charge on any atom is 0.337 e. The number of nitrogens with zero attached hydrogens (tertiary/aromatic N) is 1. The van der Waals surface area contributed by atoms with Crippen LogP contribution in [0, 0.1) is 0 Å². The Morgan fingerprint density at radius 3 is 2.54 bits per heavy atom. The summed E-state index contributed by atoms with van der Waals surface area (Å²) in [6, 6.07) is 6.24. The first-order valence-corrected chi connectivity index (χ1v) is 3.61. The Morgan fingerprint density at radius 1 is 1.46 bits per heavy atom. The smallest absolute Gasteiger partial charge is 0.337 e. The zero-order valence-electron chi connectivity index (χ0n) is 7.06. The number of methoxy groups -OCH3 is 1. The van der Waals surface area contributed by atoms with E-state index in [4.69, 9.17) is 0 Å². The molecule has 0 N–H and O–H groups in total. The fraction of sp³-hybridized carbons (Fsp3) is 0.111. The highest BCUT2D eigenvalue weighted by Crippen LogP contribution is 2.12. The van der Waals surface area contributed by atoms with E-state index in [1.165, 1.54) is 7.11 Å². The average molecular weight is 178 g/mol. The highest BCUT2D eigenvalue weighted by molar-refractivity contribution is 5.89. The molecule has 1 rings (SSSR count). The van der Waals surface area contributed by atoms with Crippen LogP contribution in [-0.2, 0) is 4.74 Å². The van der Waals surface area contributed by atoms with Gasteiger partial charge in [0.05, 0.1) is 18.4 Å². The second-order valence-corrected chi connectivity index (χ2v) is 2.27. The van der Waals surface area contributed by atoms with E-state index in [1.807, 2.05) is 0 Å². The van der Waals surface area contributed by atoms with Crippen LogP contribution in [0.25, 0.3) is 0 Å². The van der Waals surface area contributed by atoms with Gasteiger partial charge in [-0.1, -0.05) is 6.40 Å². The Kier molecular flexibility index (Phi) is 3.03. The molecule has 1 aromatic rings. The van der Waals surface area contributed by atoms with Crippen LogP contribution in [0.1, 0.15) is 10.4 Å². The molecule has 1 aromatic carbocycles. The Bertz CT molecular complexity index is 316. The normalized spacial score (nSPS) is 10.2. The van der Waals surface area contributed by atoms with Crippen molar-refractivity contribution in [2.45, 2.75) is 0 Å². The van der Waals surface area contributed by atoms with Crippen LogP contribution >= 0.6 is 0 Å². The van der Waals surface area contributed by atoms with Crippen molar-refractivity contribution in [3.63, 3.8) is 0 Å². The molecule has 4 nitrogen and oxygen atoms in total. The van der Waals surface area contributed by atoms with E-state index in [2.05, 4.69) is 9.73 Å². The van der Waals surface area contributed by atoms with Gasteiger partial charge in [0.25, 0.3) is 0 Å². The lowest BCUT2D eigenvalue weighted by Crippen LogP contribution is -2.00. The van der Waals surface area contributed by atoms with Crippen LogP contribution < -0.4 is 5.11 Å². The van der Waals surface area contributed by atoms with Crippen molar-refractivity contribution in [3.8, 4) is 0 Å². The lowest BCUT2D eigenvalue weighted by Gasteiger charge is -1.99. The van der Waals surface area contributed by atoms with Crippen molar-refractivity contribution >= 4 is 18.1 Å².